The topological polar surface area (TPSA) is 155 Å². The van der Waals surface area contributed by atoms with E-state index in [4.69, 9.17) is 5.73 Å². The lowest BCUT2D eigenvalue weighted by molar-refractivity contribution is -0.274. The molecule has 0 aliphatic heterocycles. The summed E-state index contributed by atoms with van der Waals surface area (Å²) in [6.07, 6.45) is -3.99. The molecule has 0 spiro atoms. The molecule has 10 nitrogen and oxygen atoms in total. The number of hydrogen-bond donors (Lipinski definition) is 4. The second-order valence-corrected chi connectivity index (χ2v) is 12.0. The lowest BCUT2D eigenvalue weighted by Gasteiger charge is -2.27. The fourth-order valence-electron chi connectivity index (χ4n) is 4.42. The minimum Gasteiger partial charge on any atom is -0.508 e. The first-order chi connectivity index (χ1) is 19.4. The average molecular weight is 605 g/mol. The Hall–Kier alpha value is -4.72. The number of anilines is 2. The number of alkyl halides is 3. The van der Waals surface area contributed by atoms with Crippen molar-refractivity contribution in [2.75, 3.05) is 22.4 Å². The van der Waals surface area contributed by atoms with E-state index in [-0.39, 0.29) is 11.4 Å². The minimum atomic E-state index is -4.93. The Balaban J connectivity index is 1.59. The number of carbonyl (C=O) groups excluding carboxylic acids is 2. The number of fused-ring (bicyclic) bond motifs is 1. The van der Waals surface area contributed by atoms with Crippen molar-refractivity contribution in [2.24, 2.45) is 5.73 Å². The number of halogens is 3. The smallest absolute Gasteiger partial charge is 0.508 e. The van der Waals surface area contributed by atoms with E-state index in [0.717, 1.165) is 16.6 Å². The number of benzene rings is 3. The summed E-state index contributed by atoms with van der Waals surface area (Å²) in [6, 6.07) is 16.2. The van der Waals surface area contributed by atoms with E-state index in [9.17, 15) is 36.3 Å². The molecule has 4 aromatic rings. The molecule has 0 radical (unpaired) electrons. The molecule has 0 fully saturated rings. The van der Waals surface area contributed by atoms with Gasteiger partial charge in [0.1, 0.15) is 23.7 Å². The molecule has 1 aromatic heterocycles. The third kappa shape index (κ3) is 6.94. The molecule has 4 rings (SSSR count). The molecular formula is C28H27F3N4O6S. The van der Waals surface area contributed by atoms with Gasteiger partial charge in [-0.3, -0.25) is 13.9 Å². The van der Waals surface area contributed by atoms with Crippen molar-refractivity contribution in [1.82, 2.24) is 4.98 Å². The number of sulfonamides is 1. The van der Waals surface area contributed by atoms with Gasteiger partial charge in [-0.25, -0.2) is 8.42 Å². The largest absolute Gasteiger partial charge is 0.573 e. The summed E-state index contributed by atoms with van der Waals surface area (Å²) < 4.78 is 67.5. The summed E-state index contributed by atoms with van der Waals surface area (Å²) in [5.74, 6) is -2.32. The number of phenols is 1. The molecule has 0 saturated carbocycles. The zero-order valence-electron chi connectivity index (χ0n) is 22.6. The number of aromatic hydroxyl groups is 1. The van der Waals surface area contributed by atoms with Crippen molar-refractivity contribution in [3.05, 3.63) is 83.6 Å². The van der Waals surface area contributed by atoms with Crippen LogP contribution in [-0.2, 0) is 20.2 Å². The quantitative estimate of drug-likeness (QED) is 0.219. The highest BCUT2D eigenvalue weighted by atomic mass is 32.2. The number of hydrogen-bond acceptors (Lipinski definition) is 6. The van der Waals surface area contributed by atoms with Gasteiger partial charge in [0, 0.05) is 28.1 Å². The zero-order chi connectivity index (χ0) is 31.0. The van der Waals surface area contributed by atoms with Gasteiger partial charge in [-0.05, 0) is 53.6 Å². The maximum absolute atomic E-state index is 13.1. The molecule has 0 atom stereocenters. The summed E-state index contributed by atoms with van der Waals surface area (Å²) in [4.78, 5) is 27.4. The number of amides is 2. The first-order valence-electron chi connectivity index (χ1n) is 12.3. The molecule has 222 valence electrons. The number of ether oxygens (including phenoxy) is 1. The Labute approximate surface area is 238 Å². The van der Waals surface area contributed by atoms with Crippen LogP contribution in [0.5, 0.6) is 11.5 Å². The van der Waals surface area contributed by atoms with E-state index in [2.05, 4.69) is 15.0 Å². The van der Waals surface area contributed by atoms with E-state index in [1.807, 2.05) is 0 Å². The standard InChI is InChI=1S/C28H27F3N4O6S/c1-27(2,18-11-21(36)14-22(12-18)41-28(29,30)31)17-5-4-6-19(10-17)33-26(38)24-9-16-7-8-20(13-23(16)34-24)35(15-25(32)37)42(3,39)40/h4-14,34,36H,15H2,1-3H3,(H2,32,37)(H,33,38). The van der Waals surface area contributed by atoms with Crippen LogP contribution in [0.2, 0.25) is 0 Å². The molecule has 0 bridgehead atoms. The second-order valence-electron chi connectivity index (χ2n) is 10.1. The maximum atomic E-state index is 13.1. The summed E-state index contributed by atoms with van der Waals surface area (Å²) in [6.45, 7) is 2.94. The maximum Gasteiger partial charge on any atom is 0.573 e. The monoisotopic (exact) mass is 604 g/mol. The Morgan fingerprint density at radius 1 is 1.02 bits per heavy atom. The predicted molar refractivity (Wildman–Crippen MR) is 151 cm³/mol. The summed E-state index contributed by atoms with van der Waals surface area (Å²) in [5, 5.41) is 13.4. The highest BCUT2D eigenvalue weighted by molar-refractivity contribution is 7.92. The van der Waals surface area contributed by atoms with E-state index in [1.165, 1.54) is 24.3 Å². The van der Waals surface area contributed by atoms with Gasteiger partial charge in [0.2, 0.25) is 15.9 Å². The van der Waals surface area contributed by atoms with Crippen LogP contribution in [0.3, 0.4) is 0 Å². The van der Waals surface area contributed by atoms with Crippen molar-refractivity contribution in [3.63, 3.8) is 0 Å². The molecule has 42 heavy (non-hydrogen) atoms. The molecular weight excluding hydrogens is 577 g/mol. The first-order valence-corrected chi connectivity index (χ1v) is 14.2. The molecule has 0 aliphatic rings. The van der Waals surface area contributed by atoms with Gasteiger partial charge >= 0.3 is 6.36 Å². The third-order valence-corrected chi connectivity index (χ3v) is 7.67. The fourth-order valence-corrected chi connectivity index (χ4v) is 5.28. The van der Waals surface area contributed by atoms with Gasteiger partial charge in [-0.2, -0.15) is 0 Å². The Morgan fingerprint density at radius 3 is 2.38 bits per heavy atom. The lowest BCUT2D eigenvalue weighted by atomic mass is 9.78. The van der Waals surface area contributed by atoms with Crippen molar-refractivity contribution in [3.8, 4) is 11.5 Å². The number of aromatic amines is 1. The summed E-state index contributed by atoms with van der Waals surface area (Å²) in [5.41, 5.74) is 6.43. The van der Waals surface area contributed by atoms with Crippen LogP contribution < -0.4 is 20.1 Å². The molecule has 14 heteroatoms. The zero-order valence-corrected chi connectivity index (χ0v) is 23.4. The highest BCUT2D eigenvalue weighted by Gasteiger charge is 2.32. The normalized spacial score (nSPS) is 12.2. The fraction of sp³-hybridized carbons (Fsp3) is 0.214. The van der Waals surface area contributed by atoms with Gasteiger partial charge in [0.25, 0.3) is 5.91 Å². The molecule has 5 N–H and O–H groups in total. The van der Waals surface area contributed by atoms with Crippen LogP contribution in [0.25, 0.3) is 10.9 Å². The number of primary amides is 1. The molecule has 0 unspecified atom stereocenters. The Bertz CT molecular complexity index is 1780. The number of nitrogens with two attached hydrogens (primary N) is 1. The molecule has 0 aliphatic carbocycles. The molecule has 3 aromatic carbocycles. The van der Waals surface area contributed by atoms with Crippen LogP contribution >= 0.6 is 0 Å². The van der Waals surface area contributed by atoms with Gasteiger partial charge < -0.3 is 25.9 Å². The van der Waals surface area contributed by atoms with Gasteiger partial charge in [0.05, 0.1) is 11.9 Å². The second kappa shape index (κ2) is 10.9. The van der Waals surface area contributed by atoms with Crippen molar-refractivity contribution >= 4 is 44.1 Å². The molecule has 0 saturated heterocycles. The van der Waals surface area contributed by atoms with E-state index in [0.29, 0.717) is 27.7 Å². The van der Waals surface area contributed by atoms with Crippen LogP contribution in [0, 0.1) is 0 Å². The number of carbonyl (C=O) groups is 2. The number of H-pyrrole nitrogens is 1. The number of rotatable bonds is 9. The Kier molecular flexibility index (Phi) is 7.87. The van der Waals surface area contributed by atoms with Crippen LogP contribution in [0.15, 0.2) is 66.7 Å². The van der Waals surface area contributed by atoms with Crippen LogP contribution in [0.4, 0.5) is 24.5 Å². The van der Waals surface area contributed by atoms with Gasteiger partial charge in [-0.15, -0.1) is 13.2 Å². The van der Waals surface area contributed by atoms with Crippen LogP contribution in [0.1, 0.15) is 35.5 Å². The number of nitrogens with zero attached hydrogens (tertiary/aromatic N) is 1. The first kappa shape index (κ1) is 30.2. The molecule has 1 heterocycles. The van der Waals surface area contributed by atoms with Crippen molar-refractivity contribution < 1.29 is 41.0 Å². The summed E-state index contributed by atoms with van der Waals surface area (Å²) in [7, 11) is -3.81. The SMILES string of the molecule is CC(C)(c1cccc(NC(=O)c2cc3ccc(N(CC(N)=O)S(C)(=O)=O)cc3[nH]2)c1)c1cc(O)cc(OC(F)(F)F)c1. The predicted octanol–water partition coefficient (Wildman–Crippen LogP) is 4.60. The lowest BCUT2D eigenvalue weighted by Crippen LogP contribution is -2.37. The summed E-state index contributed by atoms with van der Waals surface area (Å²) >= 11 is 0. The van der Waals surface area contributed by atoms with Gasteiger partial charge in [-0.1, -0.05) is 32.0 Å². The van der Waals surface area contributed by atoms with Gasteiger partial charge in [0.15, 0.2) is 0 Å². The Morgan fingerprint density at radius 2 is 1.74 bits per heavy atom. The average Bonchev–Trinajstić information content (AvgIpc) is 3.29. The van der Waals surface area contributed by atoms with Crippen molar-refractivity contribution in [2.45, 2.75) is 25.6 Å². The highest BCUT2D eigenvalue weighted by Crippen LogP contribution is 2.38. The van der Waals surface area contributed by atoms with E-state index < -0.39 is 51.7 Å². The van der Waals surface area contributed by atoms with Crippen LogP contribution in [-0.4, -0.2) is 49.5 Å². The number of nitrogens with one attached hydrogen (secondary N) is 2. The molecule has 2 amide bonds. The number of phenolic OH excluding ortho intramolecular Hbond substituents is 1. The third-order valence-electron chi connectivity index (χ3n) is 6.53. The van der Waals surface area contributed by atoms with E-state index >= 15 is 0 Å². The van der Waals surface area contributed by atoms with E-state index in [1.54, 1.807) is 50.2 Å². The van der Waals surface area contributed by atoms with Crippen molar-refractivity contribution in [1.29, 1.82) is 0 Å². The minimum absolute atomic E-state index is 0.162. The number of aromatic nitrogens is 1.